The van der Waals surface area contributed by atoms with Crippen LogP contribution in [0.3, 0.4) is 0 Å². The molecule has 1 aliphatic heterocycles. The van der Waals surface area contributed by atoms with Crippen molar-refractivity contribution >= 4 is 33.2 Å². The van der Waals surface area contributed by atoms with E-state index in [1.807, 2.05) is 0 Å². The van der Waals surface area contributed by atoms with E-state index in [1.165, 1.54) is 18.2 Å². The lowest BCUT2D eigenvalue weighted by atomic mass is 10.3. The summed E-state index contributed by atoms with van der Waals surface area (Å²) in [5.74, 6) is 1.59. The van der Waals surface area contributed by atoms with Crippen LogP contribution in [0.25, 0.3) is 0 Å². The number of nitro benzene ring substituents is 1. The molecule has 110 valence electrons. The first-order valence-corrected chi connectivity index (χ1v) is 8.64. The largest absolute Gasteiger partial charge is 0.388 e. The van der Waals surface area contributed by atoms with Gasteiger partial charge in [-0.05, 0) is 24.3 Å². The summed E-state index contributed by atoms with van der Waals surface area (Å²) in [5.41, 5.74) is 0.0962. The molecule has 0 spiro atoms. The van der Waals surface area contributed by atoms with E-state index in [0.29, 0.717) is 11.4 Å². The number of benzene rings is 1. The predicted molar refractivity (Wildman–Crippen MR) is 78.7 cm³/mol. The van der Waals surface area contributed by atoms with Gasteiger partial charge in [0.05, 0.1) is 4.92 Å². The van der Waals surface area contributed by atoms with Crippen LogP contribution in [-0.2, 0) is 10.0 Å². The number of nitrogens with one attached hydrogen (secondary N) is 2. The van der Waals surface area contributed by atoms with E-state index < -0.39 is 20.6 Å². The van der Waals surface area contributed by atoms with Gasteiger partial charge >= 0.3 is 0 Å². The Kier molecular flexibility index (Phi) is 4.51. The molecular weight excluding hydrogens is 302 g/mol. The van der Waals surface area contributed by atoms with Crippen molar-refractivity contribution in [1.29, 1.82) is 0 Å². The Morgan fingerprint density at radius 3 is 2.75 bits per heavy atom. The number of hydrogen-bond acceptors (Lipinski definition) is 6. The SMILES string of the molecule is CNc1ccc([N+](=O)[O-])c(S(=O)(=O)NC2CCSC2)c1. The Balaban J connectivity index is 2.39. The number of anilines is 1. The fourth-order valence-corrected chi connectivity index (χ4v) is 4.67. The molecule has 0 radical (unpaired) electrons. The van der Waals surface area contributed by atoms with Crippen LogP contribution >= 0.6 is 11.8 Å². The Labute approximate surface area is 121 Å². The van der Waals surface area contributed by atoms with Crippen LogP contribution < -0.4 is 10.0 Å². The Hall–Kier alpha value is -1.32. The Bertz CT molecular complexity index is 612. The molecule has 1 heterocycles. The van der Waals surface area contributed by atoms with Gasteiger partial charge in [0.1, 0.15) is 0 Å². The van der Waals surface area contributed by atoms with E-state index >= 15 is 0 Å². The molecule has 1 saturated heterocycles. The Morgan fingerprint density at radius 1 is 1.45 bits per heavy atom. The maximum atomic E-state index is 12.3. The number of rotatable bonds is 5. The van der Waals surface area contributed by atoms with Gasteiger partial charge in [0, 0.05) is 30.6 Å². The zero-order valence-corrected chi connectivity index (χ0v) is 12.5. The second-order valence-electron chi connectivity index (χ2n) is 4.37. The second-order valence-corrected chi connectivity index (χ2v) is 7.20. The summed E-state index contributed by atoms with van der Waals surface area (Å²) < 4.78 is 27.2. The molecule has 20 heavy (non-hydrogen) atoms. The zero-order chi connectivity index (χ0) is 14.8. The molecule has 2 rings (SSSR count). The predicted octanol–water partition coefficient (Wildman–Crippen LogP) is 1.42. The minimum Gasteiger partial charge on any atom is -0.388 e. The van der Waals surface area contributed by atoms with E-state index in [0.717, 1.165) is 12.2 Å². The molecule has 2 N–H and O–H groups in total. The highest BCUT2D eigenvalue weighted by atomic mass is 32.2. The molecule has 0 bridgehead atoms. The summed E-state index contributed by atoms with van der Waals surface area (Å²) in [6.07, 6.45) is 0.739. The van der Waals surface area contributed by atoms with Crippen LogP contribution in [0.5, 0.6) is 0 Å². The lowest BCUT2D eigenvalue weighted by molar-refractivity contribution is -0.387. The number of sulfonamides is 1. The quantitative estimate of drug-likeness (QED) is 0.629. The van der Waals surface area contributed by atoms with Crippen LogP contribution in [-0.4, -0.2) is 37.9 Å². The minimum atomic E-state index is -3.90. The molecule has 1 fully saturated rings. The summed E-state index contributed by atoms with van der Waals surface area (Å²) in [4.78, 5) is 10.0. The third kappa shape index (κ3) is 3.22. The summed E-state index contributed by atoms with van der Waals surface area (Å²) in [7, 11) is -2.27. The van der Waals surface area contributed by atoms with E-state index in [4.69, 9.17) is 0 Å². The van der Waals surface area contributed by atoms with Crippen molar-refractivity contribution in [3.8, 4) is 0 Å². The lowest BCUT2D eigenvalue weighted by Crippen LogP contribution is -2.35. The number of nitrogens with zero attached hydrogens (tertiary/aromatic N) is 1. The van der Waals surface area contributed by atoms with Crippen LogP contribution in [0.4, 0.5) is 11.4 Å². The van der Waals surface area contributed by atoms with Gasteiger partial charge in [-0.15, -0.1) is 0 Å². The molecule has 0 aliphatic carbocycles. The fraction of sp³-hybridized carbons (Fsp3) is 0.455. The topological polar surface area (TPSA) is 101 Å². The Morgan fingerprint density at radius 2 is 2.20 bits per heavy atom. The minimum absolute atomic E-state index is 0.164. The van der Waals surface area contributed by atoms with Crippen molar-refractivity contribution < 1.29 is 13.3 Å². The van der Waals surface area contributed by atoms with Crippen molar-refractivity contribution in [1.82, 2.24) is 4.72 Å². The lowest BCUT2D eigenvalue weighted by Gasteiger charge is -2.13. The molecule has 0 aromatic heterocycles. The monoisotopic (exact) mass is 317 g/mol. The highest BCUT2D eigenvalue weighted by Crippen LogP contribution is 2.28. The first-order chi connectivity index (χ1) is 9.44. The van der Waals surface area contributed by atoms with Crippen LogP contribution in [0, 0.1) is 10.1 Å². The third-order valence-corrected chi connectivity index (χ3v) is 5.70. The van der Waals surface area contributed by atoms with E-state index in [9.17, 15) is 18.5 Å². The molecule has 9 heteroatoms. The average molecular weight is 317 g/mol. The van der Waals surface area contributed by atoms with E-state index in [1.54, 1.807) is 18.8 Å². The second kappa shape index (κ2) is 5.98. The van der Waals surface area contributed by atoms with Crippen molar-refractivity contribution in [3.05, 3.63) is 28.3 Å². The zero-order valence-electron chi connectivity index (χ0n) is 10.8. The number of hydrogen-bond donors (Lipinski definition) is 2. The molecule has 1 atom stereocenters. The van der Waals surface area contributed by atoms with E-state index in [2.05, 4.69) is 10.0 Å². The average Bonchev–Trinajstić information content (AvgIpc) is 2.90. The molecule has 1 aliphatic rings. The molecule has 1 aromatic rings. The first kappa shape index (κ1) is 15.1. The van der Waals surface area contributed by atoms with E-state index in [-0.39, 0.29) is 10.9 Å². The molecule has 0 saturated carbocycles. The van der Waals surface area contributed by atoms with Crippen molar-refractivity contribution in [2.75, 3.05) is 23.9 Å². The highest BCUT2D eigenvalue weighted by Gasteiger charge is 2.29. The van der Waals surface area contributed by atoms with Gasteiger partial charge in [0.25, 0.3) is 5.69 Å². The van der Waals surface area contributed by atoms with Gasteiger partial charge in [-0.2, -0.15) is 11.8 Å². The summed E-state index contributed by atoms with van der Waals surface area (Å²) >= 11 is 1.66. The molecule has 0 amide bonds. The highest BCUT2D eigenvalue weighted by molar-refractivity contribution is 7.99. The molecule has 7 nitrogen and oxygen atoms in total. The molecular formula is C11H15N3O4S2. The van der Waals surface area contributed by atoms with Crippen LogP contribution in [0.2, 0.25) is 0 Å². The third-order valence-electron chi connectivity index (χ3n) is 2.99. The summed E-state index contributed by atoms with van der Waals surface area (Å²) in [5, 5.41) is 13.8. The van der Waals surface area contributed by atoms with Gasteiger partial charge < -0.3 is 5.32 Å². The standard InChI is InChI=1S/C11H15N3O4S2/c1-12-8-2-3-10(14(15)16)11(6-8)20(17,18)13-9-4-5-19-7-9/h2-3,6,9,12-13H,4-5,7H2,1H3. The maximum Gasteiger partial charge on any atom is 0.289 e. The van der Waals surface area contributed by atoms with Gasteiger partial charge in [-0.3, -0.25) is 10.1 Å². The van der Waals surface area contributed by atoms with Crippen molar-refractivity contribution in [2.24, 2.45) is 0 Å². The summed E-state index contributed by atoms with van der Waals surface area (Å²) in [6.45, 7) is 0. The molecule has 1 unspecified atom stereocenters. The fourth-order valence-electron chi connectivity index (χ4n) is 1.95. The van der Waals surface area contributed by atoms with Gasteiger partial charge in [0.2, 0.25) is 10.0 Å². The number of thioether (sulfide) groups is 1. The number of nitro groups is 1. The van der Waals surface area contributed by atoms with Crippen LogP contribution in [0.1, 0.15) is 6.42 Å². The van der Waals surface area contributed by atoms with Gasteiger partial charge in [-0.1, -0.05) is 0 Å². The normalized spacial score (nSPS) is 18.9. The van der Waals surface area contributed by atoms with Crippen molar-refractivity contribution in [2.45, 2.75) is 17.4 Å². The van der Waals surface area contributed by atoms with Gasteiger partial charge in [-0.25, -0.2) is 13.1 Å². The van der Waals surface area contributed by atoms with Crippen molar-refractivity contribution in [3.63, 3.8) is 0 Å². The maximum absolute atomic E-state index is 12.3. The van der Waals surface area contributed by atoms with Gasteiger partial charge in [0.15, 0.2) is 4.90 Å². The molecule has 1 aromatic carbocycles. The summed E-state index contributed by atoms with van der Waals surface area (Å²) in [6, 6.07) is 3.79. The smallest absolute Gasteiger partial charge is 0.289 e. The first-order valence-electron chi connectivity index (χ1n) is 6.00. The van der Waals surface area contributed by atoms with Crippen LogP contribution in [0.15, 0.2) is 23.1 Å².